The third-order valence-corrected chi connectivity index (χ3v) is 3.77. The number of pyridine rings is 1. The first-order valence-corrected chi connectivity index (χ1v) is 7.15. The molecule has 2 heterocycles. The van der Waals surface area contributed by atoms with Crippen LogP contribution in [-0.2, 0) is 16.1 Å². The Morgan fingerprint density at radius 1 is 1.40 bits per heavy atom. The summed E-state index contributed by atoms with van der Waals surface area (Å²) < 4.78 is 0. The fourth-order valence-corrected chi connectivity index (χ4v) is 2.59. The van der Waals surface area contributed by atoms with Gasteiger partial charge < -0.3 is 5.32 Å². The van der Waals surface area contributed by atoms with E-state index in [1.807, 2.05) is 26.0 Å². The summed E-state index contributed by atoms with van der Waals surface area (Å²) in [6.45, 7) is 4.56. The number of carbonyl (C=O) groups excluding carboxylic acids is 2. The highest BCUT2D eigenvalue weighted by molar-refractivity contribution is 6.05. The molecule has 0 spiro atoms. The standard InChI is InChI=1S/C15H21N3O2/c1-3-12(4-2)18-14(19)8-13(15(18)20)17-10-11-6-5-7-16-9-11/h5-7,9,12-13,17H,3-4,8,10H2,1-2H3. The van der Waals surface area contributed by atoms with Crippen molar-refractivity contribution in [3.63, 3.8) is 0 Å². The van der Waals surface area contributed by atoms with E-state index in [2.05, 4.69) is 10.3 Å². The molecule has 0 radical (unpaired) electrons. The molecule has 0 saturated carbocycles. The molecule has 0 aliphatic carbocycles. The van der Waals surface area contributed by atoms with Gasteiger partial charge in [-0.3, -0.25) is 19.5 Å². The van der Waals surface area contributed by atoms with Crippen LogP contribution in [0.2, 0.25) is 0 Å². The summed E-state index contributed by atoms with van der Waals surface area (Å²) in [5.41, 5.74) is 1.01. The third-order valence-electron chi connectivity index (χ3n) is 3.77. The summed E-state index contributed by atoms with van der Waals surface area (Å²) in [7, 11) is 0. The molecule has 0 aromatic carbocycles. The highest BCUT2D eigenvalue weighted by atomic mass is 16.2. The zero-order chi connectivity index (χ0) is 14.5. The summed E-state index contributed by atoms with van der Waals surface area (Å²) in [6, 6.07) is 3.43. The van der Waals surface area contributed by atoms with Gasteiger partial charge in [0.1, 0.15) is 0 Å². The minimum absolute atomic E-state index is 0.0280. The minimum atomic E-state index is -0.400. The molecule has 1 saturated heterocycles. The molecule has 20 heavy (non-hydrogen) atoms. The first kappa shape index (κ1) is 14.7. The Morgan fingerprint density at radius 3 is 2.75 bits per heavy atom. The van der Waals surface area contributed by atoms with Gasteiger partial charge in [-0.05, 0) is 24.5 Å². The predicted octanol–water partition coefficient (Wildman–Crippen LogP) is 1.49. The SMILES string of the molecule is CCC(CC)N1C(=O)CC(NCc2cccnc2)C1=O. The Labute approximate surface area is 119 Å². The molecule has 1 atom stereocenters. The van der Waals surface area contributed by atoms with Gasteiger partial charge in [0, 0.05) is 25.0 Å². The molecule has 1 unspecified atom stereocenters. The number of likely N-dealkylation sites (tertiary alicyclic amines) is 1. The number of amides is 2. The van der Waals surface area contributed by atoms with Crippen molar-refractivity contribution in [1.29, 1.82) is 0 Å². The number of carbonyl (C=O) groups is 2. The maximum absolute atomic E-state index is 12.3. The van der Waals surface area contributed by atoms with Crippen LogP contribution in [0.25, 0.3) is 0 Å². The largest absolute Gasteiger partial charge is 0.301 e. The highest BCUT2D eigenvalue weighted by Gasteiger charge is 2.40. The lowest BCUT2D eigenvalue weighted by atomic mass is 10.1. The van der Waals surface area contributed by atoms with E-state index in [1.165, 1.54) is 4.90 Å². The van der Waals surface area contributed by atoms with Crippen LogP contribution >= 0.6 is 0 Å². The molecule has 1 N–H and O–H groups in total. The van der Waals surface area contributed by atoms with Crippen molar-refractivity contribution in [2.75, 3.05) is 0 Å². The summed E-state index contributed by atoms with van der Waals surface area (Å²) in [5, 5.41) is 3.16. The smallest absolute Gasteiger partial charge is 0.247 e. The van der Waals surface area contributed by atoms with Gasteiger partial charge in [-0.1, -0.05) is 19.9 Å². The zero-order valence-electron chi connectivity index (χ0n) is 12.0. The summed E-state index contributed by atoms with van der Waals surface area (Å²) >= 11 is 0. The van der Waals surface area contributed by atoms with E-state index in [0.29, 0.717) is 6.54 Å². The molecular weight excluding hydrogens is 254 g/mol. The lowest BCUT2D eigenvalue weighted by Gasteiger charge is -2.24. The van der Waals surface area contributed by atoms with Gasteiger partial charge in [0.2, 0.25) is 11.8 Å². The highest BCUT2D eigenvalue weighted by Crippen LogP contribution is 2.20. The van der Waals surface area contributed by atoms with Gasteiger partial charge >= 0.3 is 0 Å². The number of rotatable bonds is 6. The Morgan fingerprint density at radius 2 is 2.15 bits per heavy atom. The van der Waals surface area contributed by atoms with E-state index >= 15 is 0 Å². The van der Waals surface area contributed by atoms with Crippen molar-refractivity contribution in [2.45, 2.75) is 51.7 Å². The molecule has 1 aliphatic rings. The number of nitrogens with zero attached hydrogens (tertiary/aromatic N) is 2. The van der Waals surface area contributed by atoms with E-state index in [4.69, 9.17) is 0 Å². The number of hydrogen-bond acceptors (Lipinski definition) is 4. The van der Waals surface area contributed by atoms with E-state index in [9.17, 15) is 9.59 Å². The zero-order valence-corrected chi connectivity index (χ0v) is 12.0. The normalized spacial score (nSPS) is 19.1. The molecule has 2 rings (SSSR count). The van der Waals surface area contributed by atoms with Crippen LogP contribution in [0.15, 0.2) is 24.5 Å². The Bertz CT molecular complexity index is 471. The van der Waals surface area contributed by atoms with Gasteiger partial charge in [0.05, 0.1) is 12.5 Å². The number of nitrogens with one attached hydrogen (secondary N) is 1. The fourth-order valence-electron chi connectivity index (χ4n) is 2.59. The molecule has 1 aliphatic heterocycles. The molecule has 1 aromatic heterocycles. The van der Waals surface area contributed by atoms with Crippen molar-refractivity contribution in [2.24, 2.45) is 0 Å². The number of aromatic nitrogens is 1. The summed E-state index contributed by atoms with van der Waals surface area (Å²) in [5.74, 6) is -0.153. The van der Waals surface area contributed by atoms with Crippen molar-refractivity contribution in [3.8, 4) is 0 Å². The van der Waals surface area contributed by atoms with Crippen LogP contribution in [0.1, 0.15) is 38.7 Å². The van der Waals surface area contributed by atoms with Gasteiger partial charge in [0.25, 0.3) is 0 Å². The van der Waals surface area contributed by atoms with E-state index < -0.39 is 6.04 Å². The third kappa shape index (κ3) is 3.04. The van der Waals surface area contributed by atoms with Crippen LogP contribution in [-0.4, -0.2) is 33.8 Å². The molecule has 108 valence electrons. The molecule has 1 fully saturated rings. The van der Waals surface area contributed by atoms with Crippen molar-refractivity contribution in [1.82, 2.24) is 15.2 Å². The molecule has 0 bridgehead atoms. The Balaban J connectivity index is 1.98. The molecule has 5 nitrogen and oxygen atoms in total. The summed E-state index contributed by atoms with van der Waals surface area (Å²) in [4.78, 5) is 29.8. The topological polar surface area (TPSA) is 62.3 Å². The van der Waals surface area contributed by atoms with E-state index in [-0.39, 0.29) is 24.3 Å². The van der Waals surface area contributed by atoms with Gasteiger partial charge in [-0.2, -0.15) is 0 Å². The first-order valence-electron chi connectivity index (χ1n) is 7.15. The molecule has 2 amide bonds. The Kier molecular flexibility index (Phi) is 4.84. The van der Waals surface area contributed by atoms with Crippen molar-refractivity contribution in [3.05, 3.63) is 30.1 Å². The maximum Gasteiger partial charge on any atom is 0.247 e. The minimum Gasteiger partial charge on any atom is -0.301 e. The first-order chi connectivity index (χ1) is 9.67. The molecule has 1 aromatic rings. The van der Waals surface area contributed by atoms with Crippen LogP contribution in [0, 0.1) is 0 Å². The lowest BCUT2D eigenvalue weighted by molar-refractivity contribution is -0.141. The van der Waals surface area contributed by atoms with Gasteiger partial charge in [-0.15, -0.1) is 0 Å². The van der Waals surface area contributed by atoms with Crippen LogP contribution in [0.5, 0.6) is 0 Å². The second-order valence-corrected chi connectivity index (χ2v) is 5.07. The van der Waals surface area contributed by atoms with Gasteiger partial charge in [0.15, 0.2) is 0 Å². The van der Waals surface area contributed by atoms with Crippen LogP contribution < -0.4 is 5.32 Å². The average Bonchev–Trinajstić information content (AvgIpc) is 2.75. The van der Waals surface area contributed by atoms with Gasteiger partial charge in [-0.25, -0.2) is 0 Å². The van der Waals surface area contributed by atoms with Crippen molar-refractivity contribution < 1.29 is 9.59 Å². The van der Waals surface area contributed by atoms with E-state index in [0.717, 1.165) is 18.4 Å². The monoisotopic (exact) mass is 275 g/mol. The number of imide groups is 1. The number of hydrogen-bond donors (Lipinski definition) is 1. The lowest BCUT2D eigenvalue weighted by Crippen LogP contribution is -2.43. The predicted molar refractivity (Wildman–Crippen MR) is 75.7 cm³/mol. The maximum atomic E-state index is 12.3. The van der Waals surface area contributed by atoms with Crippen LogP contribution in [0.4, 0.5) is 0 Å². The van der Waals surface area contributed by atoms with Crippen molar-refractivity contribution >= 4 is 11.8 Å². The summed E-state index contributed by atoms with van der Waals surface area (Å²) in [6.07, 6.45) is 5.34. The van der Waals surface area contributed by atoms with Crippen LogP contribution in [0.3, 0.4) is 0 Å². The average molecular weight is 275 g/mol. The van der Waals surface area contributed by atoms with E-state index in [1.54, 1.807) is 12.4 Å². The molecular formula is C15H21N3O2. The second-order valence-electron chi connectivity index (χ2n) is 5.07. The fraction of sp³-hybridized carbons (Fsp3) is 0.533. The molecule has 5 heteroatoms. The quantitative estimate of drug-likeness (QED) is 0.799. The second kappa shape index (κ2) is 6.61. The Hall–Kier alpha value is -1.75.